The number of carboxylic acids is 1. The second-order valence-corrected chi connectivity index (χ2v) is 6.55. The molecule has 0 bridgehead atoms. The normalized spacial score (nSPS) is 19.1. The second kappa shape index (κ2) is 4.21. The fourth-order valence-corrected chi connectivity index (χ4v) is 4.25. The minimum absolute atomic E-state index is 0.0547. The molecule has 0 saturated carbocycles. The van der Waals surface area contributed by atoms with E-state index in [4.69, 9.17) is 0 Å². The van der Waals surface area contributed by atoms with Crippen LogP contribution in [0.25, 0.3) is 0 Å². The summed E-state index contributed by atoms with van der Waals surface area (Å²) in [6, 6.07) is 4.89. The van der Waals surface area contributed by atoms with E-state index in [2.05, 4.69) is 0 Å². The lowest BCUT2D eigenvalue weighted by molar-refractivity contribution is 0.0698. The van der Waals surface area contributed by atoms with Gasteiger partial charge in [0.1, 0.15) is 0 Å². The summed E-state index contributed by atoms with van der Waals surface area (Å²) in [6.07, 6.45) is 1.42. The number of hydrogen-bond donors (Lipinski definition) is 1. The monoisotopic (exact) mass is 282 g/mol. The third-order valence-electron chi connectivity index (χ3n) is 3.60. The Morgan fingerprint density at radius 2 is 1.95 bits per heavy atom. The predicted octanol–water partition coefficient (Wildman–Crippen LogP) is 0.698. The van der Waals surface area contributed by atoms with Gasteiger partial charge >= 0.3 is 16.2 Å². The van der Waals surface area contributed by atoms with Crippen molar-refractivity contribution in [1.29, 1.82) is 0 Å². The van der Waals surface area contributed by atoms with Crippen LogP contribution < -0.4 is 4.31 Å². The highest BCUT2D eigenvalue weighted by atomic mass is 32.2. The minimum Gasteiger partial charge on any atom is -0.478 e. The van der Waals surface area contributed by atoms with E-state index in [1.165, 1.54) is 14.7 Å². The van der Waals surface area contributed by atoms with Gasteiger partial charge in [-0.1, -0.05) is 12.1 Å². The van der Waals surface area contributed by atoms with Crippen LogP contribution in [0.2, 0.25) is 0 Å². The van der Waals surface area contributed by atoms with Crippen LogP contribution in [-0.2, 0) is 16.6 Å². The smallest absolute Gasteiger partial charge is 0.337 e. The van der Waals surface area contributed by atoms with Crippen molar-refractivity contribution in [2.24, 2.45) is 0 Å². The summed E-state index contributed by atoms with van der Waals surface area (Å²) < 4.78 is 27.5. The zero-order valence-electron chi connectivity index (χ0n) is 10.2. The molecule has 0 amide bonds. The molecule has 3 rings (SSSR count). The van der Waals surface area contributed by atoms with Crippen LogP contribution in [0.3, 0.4) is 0 Å². The molecule has 0 aromatic heterocycles. The fraction of sp³-hybridized carbons (Fsp3) is 0.417. The summed E-state index contributed by atoms with van der Waals surface area (Å²) in [4.78, 5) is 11.3. The van der Waals surface area contributed by atoms with E-state index in [-0.39, 0.29) is 5.56 Å². The highest BCUT2D eigenvalue weighted by Gasteiger charge is 2.38. The first-order valence-corrected chi connectivity index (χ1v) is 7.54. The zero-order valence-corrected chi connectivity index (χ0v) is 11.1. The van der Waals surface area contributed by atoms with E-state index in [1.807, 2.05) is 0 Å². The van der Waals surface area contributed by atoms with Crippen LogP contribution in [0.5, 0.6) is 0 Å². The molecule has 2 aliphatic heterocycles. The number of fused-ring (bicyclic) bond motifs is 1. The molecule has 1 saturated heterocycles. The number of hydrogen-bond acceptors (Lipinski definition) is 3. The molecule has 0 unspecified atom stereocenters. The maximum absolute atomic E-state index is 12.4. The quantitative estimate of drug-likeness (QED) is 0.885. The lowest BCUT2D eigenvalue weighted by Crippen LogP contribution is -2.50. The van der Waals surface area contributed by atoms with Crippen molar-refractivity contribution in [2.45, 2.75) is 12.8 Å². The number of carboxylic acid groups (broad SMARTS) is 1. The van der Waals surface area contributed by atoms with E-state index in [9.17, 15) is 18.3 Å². The largest absolute Gasteiger partial charge is 0.478 e. The Kier molecular flexibility index (Phi) is 2.75. The Balaban J connectivity index is 2.08. The van der Waals surface area contributed by atoms with Crippen LogP contribution in [-0.4, -0.2) is 43.4 Å². The number of anilines is 1. The minimum atomic E-state index is -3.57. The molecule has 1 N–H and O–H groups in total. The van der Waals surface area contributed by atoms with Gasteiger partial charge in [-0.2, -0.15) is 12.7 Å². The van der Waals surface area contributed by atoms with Crippen LogP contribution in [0.15, 0.2) is 18.2 Å². The van der Waals surface area contributed by atoms with Crippen LogP contribution in [0.4, 0.5) is 5.69 Å². The molecule has 0 atom stereocenters. The number of nitrogens with zero attached hydrogens (tertiary/aromatic N) is 2. The molecule has 0 radical (unpaired) electrons. The van der Waals surface area contributed by atoms with Crippen LogP contribution in [0.1, 0.15) is 22.3 Å². The molecule has 2 aliphatic rings. The van der Waals surface area contributed by atoms with Crippen molar-refractivity contribution in [3.05, 3.63) is 29.3 Å². The highest BCUT2D eigenvalue weighted by molar-refractivity contribution is 7.90. The van der Waals surface area contributed by atoms with E-state index in [0.717, 1.165) is 12.0 Å². The highest BCUT2D eigenvalue weighted by Crippen LogP contribution is 2.35. The summed E-state index contributed by atoms with van der Waals surface area (Å²) in [5, 5.41) is 9.21. The van der Waals surface area contributed by atoms with Crippen LogP contribution in [0, 0.1) is 0 Å². The third kappa shape index (κ3) is 1.81. The lowest BCUT2D eigenvalue weighted by Gasteiger charge is -2.34. The molecular weight excluding hydrogens is 268 g/mol. The van der Waals surface area contributed by atoms with Gasteiger partial charge in [-0.05, 0) is 24.5 Å². The topological polar surface area (TPSA) is 77.9 Å². The summed E-state index contributed by atoms with van der Waals surface area (Å²) in [5.41, 5.74) is 1.17. The molecule has 19 heavy (non-hydrogen) atoms. The summed E-state index contributed by atoms with van der Waals surface area (Å²) >= 11 is 0. The van der Waals surface area contributed by atoms with Crippen molar-refractivity contribution >= 4 is 21.9 Å². The molecule has 102 valence electrons. The fourth-order valence-electron chi connectivity index (χ4n) is 2.48. The molecule has 1 fully saturated rings. The van der Waals surface area contributed by atoms with Crippen molar-refractivity contribution < 1.29 is 18.3 Å². The Labute approximate surface area is 111 Å². The van der Waals surface area contributed by atoms with Gasteiger partial charge < -0.3 is 5.11 Å². The van der Waals surface area contributed by atoms with Crippen molar-refractivity contribution in [3.63, 3.8) is 0 Å². The van der Waals surface area contributed by atoms with Crippen molar-refractivity contribution in [2.75, 3.05) is 23.9 Å². The average Bonchev–Trinajstić information content (AvgIpc) is 2.69. The standard InChI is InChI=1S/C12H14N2O4S/c15-12(16)10-4-1-3-9-5-8-14(11(9)10)19(17,18)13-6-2-7-13/h1,3-4H,2,5-8H2,(H,15,16). The van der Waals surface area contributed by atoms with E-state index in [0.29, 0.717) is 31.7 Å². The summed E-state index contributed by atoms with van der Waals surface area (Å²) in [5.74, 6) is -1.09. The van der Waals surface area contributed by atoms with Gasteiger partial charge in [-0.25, -0.2) is 4.79 Å². The van der Waals surface area contributed by atoms with Gasteiger partial charge in [0.05, 0.1) is 11.3 Å². The van der Waals surface area contributed by atoms with Crippen LogP contribution >= 0.6 is 0 Å². The van der Waals surface area contributed by atoms with Gasteiger partial charge in [-0.15, -0.1) is 0 Å². The average molecular weight is 282 g/mol. The number of benzene rings is 1. The predicted molar refractivity (Wildman–Crippen MR) is 69.6 cm³/mol. The maximum atomic E-state index is 12.4. The van der Waals surface area contributed by atoms with Gasteiger partial charge in [0.15, 0.2) is 0 Å². The molecule has 7 heteroatoms. The van der Waals surface area contributed by atoms with E-state index in [1.54, 1.807) is 12.1 Å². The third-order valence-corrected chi connectivity index (χ3v) is 5.54. The lowest BCUT2D eigenvalue weighted by atomic mass is 10.1. The first-order valence-electron chi connectivity index (χ1n) is 6.15. The number of para-hydroxylation sites is 1. The summed E-state index contributed by atoms with van der Waals surface area (Å²) in [7, 11) is -3.57. The first-order chi connectivity index (χ1) is 9.01. The number of rotatable bonds is 3. The Morgan fingerprint density at radius 1 is 1.21 bits per heavy atom. The molecular formula is C12H14N2O4S. The molecule has 6 nitrogen and oxygen atoms in total. The van der Waals surface area contributed by atoms with Gasteiger partial charge in [0, 0.05) is 19.6 Å². The van der Waals surface area contributed by atoms with Crippen molar-refractivity contribution in [1.82, 2.24) is 4.31 Å². The molecule has 2 heterocycles. The van der Waals surface area contributed by atoms with E-state index >= 15 is 0 Å². The molecule has 1 aromatic carbocycles. The number of carbonyl (C=O) groups is 1. The second-order valence-electron chi connectivity index (χ2n) is 4.70. The summed E-state index contributed by atoms with van der Waals surface area (Å²) in [6.45, 7) is 1.35. The maximum Gasteiger partial charge on any atom is 0.337 e. The van der Waals surface area contributed by atoms with E-state index < -0.39 is 16.2 Å². The molecule has 0 aliphatic carbocycles. The van der Waals surface area contributed by atoms with Crippen molar-refractivity contribution in [3.8, 4) is 0 Å². The Bertz CT molecular complexity index is 637. The SMILES string of the molecule is O=C(O)c1cccc2c1N(S(=O)(=O)N1CCC1)CC2. The Hall–Kier alpha value is -1.60. The molecule has 1 aromatic rings. The van der Waals surface area contributed by atoms with Gasteiger partial charge in [0.25, 0.3) is 0 Å². The first kappa shape index (κ1) is 12.4. The van der Waals surface area contributed by atoms with Gasteiger partial charge in [0.2, 0.25) is 0 Å². The molecule has 0 spiro atoms. The zero-order chi connectivity index (χ0) is 13.6. The number of aromatic carboxylic acids is 1. The van der Waals surface area contributed by atoms with Gasteiger partial charge in [-0.3, -0.25) is 4.31 Å². The Morgan fingerprint density at radius 3 is 2.53 bits per heavy atom.